The lowest BCUT2D eigenvalue weighted by Crippen LogP contribution is -2.54. The number of anilines is 1. The Labute approximate surface area is 155 Å². The first-order valence-corrected chi connectivity index (χ1v) is 9.64. The van der Waals surface area contributed by atoms with Gasteiger partial charge in [0, 0.05) is 42.8 Å². The fourth-order valence-corrected chi connectivity index (χ4v) is 4.60. The minimum absolute atomic E-state index is 0.154. The van der Waals surface area contributed by atoms with Gasteiger partial charge in [-0.1, -0.05) is 0 Å². The number of hydrogen-bond acceptors (Lipinski definition) is 4. The molecule has 1 saturated carbocycles. The first-order valence-electron chi connectivity index (χ1n) is 9.64. The van der Waals surface area contributed by atoms with Crippen LogP contribution < -0.4 is 15.6 Å². The maximum atomic E-state index is 15.1. The van der Waals surface area contributed by atoms with E-state index in [-0.39, 0.29) is 23.0 Å². The number of benzene rings is 1. The number of pyridine rings is 1. The Bertz CT molecular complexity index is 994. The van der Waals surface area contributed by atoms with Crippen LogP contribution in [0.3, 0.4) is 0 Å². The molecule has 1 aromatic heterocycles. The van der Waals surface area contributed by atoms with Crippen molar-refractivity contribution in [1.82, 2.24) is 9.88 Å². The summed E-state index contributed by atoms with van der Waals surface area (Å²) in [5.74, 6) is -1.71. The van der Waals surface area contributed by atoms with Gasteiger partial charge in [-0.3, -0.25) is 4.79 Å². The fourth-order valence-electron chi connectivity index (χ4n) is 4.60. The van der Waals surface area contributed by atoms with E-state index in [0.717, 1.165) is 45.2 Å². The van der Waals surface area contributed by atoms with Gasteiger partial charge in [0.25, 0.3) is 0 Å². The minimum Gasteiger partial charge on any atom is -0.477 e. The lowest BCUT2D eigenvalue weighted by atomic mass is 10.1. The SMILES string of the molecule is O=C(O)c1cn(C2CC2)c2cc(N3CC4CCCC3CN4)c(F)cc2c1=O. The van der Waals surface area contributed by atoms with Crippen molar-refractivity contribution in [3.8, 4) is 0 Å². The molecule has 6 rings (SSSR count). The number of piperazine rings is 1. The lowest BCUT2D eigenvalue weighted by Gasteiger charge is -2.39. The third kappa shape index (κ3) is 2.72. The van der Waals surface area contributed by atoms with Crippen LogP contribution >= 0.6 is 0 Å². The molecule has 142 valence electrons. The van der Waals surface area contributed by atoms with Crippen LogP contribution in [0, 0.1) is 5.82 Å². The van der Waals surface area contributed by atoms with Crippen LogP contribution in [0.2, 0.25) is 0 Å². The second-order valence-electron chi connectivity index (χ2n) is 7.98. The third-order valence-corrected chi connectivity index (χ3v) is 6.17. The van der Waals surface area contributed by atoms with Gasteiger partial charge in [-0.05, 0) is 44.2 Å². The Balaban J connectivity index is 1.70. The monoisotopic (exact) mass is 371 g/mol. The van der Waals surface area contributed by atoms with E-state index in [1.54, 1.807) is 6.07 Å². The van der Waals surface area contributed by atoms with Crippen LogP contribution in [-0.2, 0) is 0 Å². The quantitative estimate of drug-likeness (QED) is 0.867. The molecule has 6 nitrogen and oxygen atoms in total. The standard InChI is InChI=1S/C20H22FN3O3/c21-16-6-14-17(24(12-4-5-12)10-15(19(14)25)20(26)27)7-18(16)23-9-11-2-1-3-13(23)8-22-11/h6-7,10-13,22H,1-5,8-9H2,(H,26,27). The maximum absolute atomic E-state index is 15.1. The summed E-state index contributed by atoms with van der Waals surface area (Å²) >= 11 is 0. The van der Waals surface area contributed by atoms with E-state index in [9.17, 15) is 14.7 Å². The van der Waals surface area contributed by atoms with Gasteiger partial charge in [0.2, 0.25) is 5.43 Å². The molecule has 2 unspecified atom stereocenters. The van der Waals surface area contributed by atoms with Crippen molar-refractivity contribution in [3.63, 3.8) is 0 Å². The maximum Gasteiger partial charge on any atom is 0.341 e. The largest absolute Gasteiger partial charge is 0.477 e. The molecule has 4 heterocycles. The zero-order valence-electron chi connectivity index (χ0n) is 14.9. The number of carboxylic acid groups (broad SMARTS) is 1. The van der Waals surface area contributed by atoms with Crippen LogP contribution in [0.25, 0.3) is 10.9 Å². The Hall–Kier alpha value is -2.41. The number of carboxylic acids is 1. The van der Waals surface area contributed by atoms with Gasteiger partial charge in [0.05, 0.1) is 11.2 Å². The van der Waals surface area contributed by atoms with Crippen molar-refractivity contribution in [2.75, 3.05) is 18.0 Å². The number of hydrogen-bond donors (Lipinski definition) is 2. The molecular formula is C20H22FN3O3. The van der Waals surface area contributed by atoms with E-state index in [1.165, 1.54) is 12.3 Å². The Morgan fingerprint density at radius 2 is 2.00 bits per heavy atom. The molecule has 1 aromatic carbocycles. The molecule has 3 saturated heterocycles. The smallest absolute Gasteiger partial charge is 0.341 e. The zero-order valence-corrected chi connectivity index (χ0v) is 14.9. The third-order valence-electron chi connectivity index (χ3n) is 6.17. The summed E-state index contributed by atoms with van der Waals surface area (Å²) in [4.78, 5) is 26.2. The summed E-state index contributed by atoms with van der Waals surface area (Å²) in [6.45, 7) is 1.60. The van der Waals surface area contributed by atoms with Crippen LogP contribution in [0.5, 0.6) is 0 Å². The van der Waals surface area contributed by atoms with Crippen molar-refractivity contribution < 1.29 is 14.3 Å². The first kappa shape index (κ1) is 16.7. The molecule has 4 aliphatic rings. The molecule has 2 atom stereocenters. The Morgan fingerprint density at radius 3 is 2.74 bits per heavy atom. The molecule has 2 bridgehead atoms. The summed E-state index contributed by atoms with van der Waals surface area (Å²) in [5, 5.41) is 13.0. The predicted octanol–water partition coefficient (Wildman–Crippen LogP) is 2.50. The summed E-state index contributed by atoms with van der Waals surface area (Å²) in [6, 6.07) is 3.79. The van der Waals surface area contributed by atoms with Gasteiger partial charge in [-0.25, -0.2) is 9.18 Å². The number of aromatic carboxylic acids is 1. The van der Waals surface area contributed by atoms with E-state index in [2.05, 4.69) is 10.2 Å². The van der Waals surface area contributed by atoms with Gasteiger partial charge in [0.1, 0.15) is 11.4 Å². The van der Waals surface area contributed by atoms with Crippen LogP contribution in [-0.4, -0.2) is 40.8 Å². The van der Waals surface area contributed by atoms with E-state index >= 15 is 4.39 Å². The Kier molecular flexibility index (Phi) is 3.75. The van der Waals surface area contributed by atoms with Gasteiger partial charge in [-0.2, -0.15) is 0 Å². The summed E-state index contributed by atoms with van der Waals surface area (Å²) in [6.07, 6.45) is 6.57. The van der Waals surface area contributed by atoms with Crippen LogP contribution in [0.4, 0.5) is 10.1 Å². The van der Waals surface area contributed by atoms with Gasteiger partial charge < -0.3 is 19.9 Å². The molecule has 27 heavy (non-hydrogen) atoms. The molecule has 1 aliphatic carbocycles. The number of aromatic nitrogens is 1. The summed E-state index contributed by atoms with van der Waals surface area (Å²) < 4.78 is 16.9. The Morgan fingerprint density at radius 1 is 1.19 bits per heavy atom. The first-order chi connectivity index (χ1) is 13.0. The van der Waals surface area contributed by atoms with E-state index in [0.29, 0.717) is 17.2 Å². The summed E-state index contributed by atoms with van der Waals surface area (Å²) in [7, 11) is 0. The topological polar surface area (TPSA) is 74.6 Å². The van der Waals surface area contributed by atoms with Crippen molar-refractivity contribution in [2.24, 2.45) is 0 Å². The zero-order chi connectivity index (χ0) is 18.7. The summed E-state index contributed by atoms with van der Waals surface area (Å²) in [5.41, 5.74) is 0.258. The van der Waals surface area contributed by atoms with Crippen molar-refractivity contribution in [3.05, 3.63) is 39.9 Å². The molecule has 0 spiro atoms. The molecule has 0 amide bonds. The highest BCUT2D eigenvalue weighted by atomic mass is 19.1. The second-order valence-corrected chi connectivity index (χ2v) is 7.98. The molecule has 2 N–H and O–H groups in total. The highest BCUT2D eigenvalue weighted by molar-refractivity contribution is 5.93. The number of carbonyl (C=O) groups is 1. The second kappa shape index (κ2) is 6.05. The molecule has 7 heteroatoms. The van der Waals surface area contributed by atoms with Crippen LogP contribution in [0.1, 0.15) is 48.5 Å². The predicted molar refractivity (Wildman–Crippen MR) is 100 cm³/mol. The molecule has 3 aliphatic heterocycles. The molecule has 4 fully saturated rings. The molecule has 2 aromatic rings. The van der Waals surface area contributed by atoms with Crippen LogP contribution in [0.15, 0.2) is 23.1 Å². The van der Waals surface area contributed by atoms with Crippen molar-refractivity contribution in [2.45, 2.75) is 50.2 Å². The molecule has 0 radical (unpaired) electrons. The van der Waals surface area contributed by atoms with Gasteiger partial charge in [0.15, 0.2) is 0 Å². The van der Waals surface area contributed by atoms with E-state index in [4.69, 9.17) is 0 Å². The fraction of sp³-hybridized carbons (Fsp3) is 0.500. The van der Waals surface area contributed by atoms with Gasteiger partial charge in [-0.15, -0.1) is 0 Å². The number of nitrogens with zero attached hydrogens (tertiary/aromatic N) is 2. The van der Waals surface area contributed by atoms with Crippen molar-refractivity contribution >= 4 is 22.6 Å². The number of rotatable bonds is 3. The van der Waals surface area contributed by atoms with E-state index < -0.39 is 17.2 Å². The number of halogens is 1. The van der Waals surface area contributed by atoms with Gasteiger partial charge >= 0.3 is 5.97 Å². The minimum atomic E-state index is -1.27. The number of nitrogens with one attached hydrogen (secondary N) is 1. The van der Waals surface area contributed by atoms with Crippen molar-refractivity contribution in [1.29, 1.82) is 0 Å². The normalized spacial score (nSPS) is 25.0. The highest BCUT2D eigenvalue weighted by Gasteiger charge is 2.33. The highest BCUT2D eigenvalue weighted by Crippen LogP contribution is 2.39. The lowest BCUT2D eigenvalue weighted by molar-refractivity contribution is 0.0695. The number of fused-ring (bicyclic) bond motifs is 5. The average Bonchev–Trinajstić information content (AvgIpc) is 3.49. The molecular weight excluding hydrogens is 349 g/mol. The van der Waals surface area contributed by atoms with E-state index in [1.807, 2.05) is 4.57 Å². The average molecular weight is 371 g/mol.